The summed E-state index contributed by atoms with van der Waals surface area (Å²) in [5.74, 6) is 0.975. The summed E-state index contributed by atoms with van der Waals surface area (Å²) < 4.78 is 0. The van der Waals surface area contributed by atoms with Gasteiger partial charge in [0.15, 0.2) is 0 Å². The Morgan fingerprint density at radius 2 is 1.89 bits per heavy atom. The number of aromatic nitrogens is 3. The normalized spacial score (nSPS) is 11.1. The van der Waals surface area contributed by atoms with E-state index in [4.69, 9.17) is 11.6 Å². The zero-order valence-electron chi connectivity index (χ0n) is 11.4. The highest BCUT2D eigenvalue weighted by molar-refractivity contribution is 6.28. The number of anilines is 2. The zero-order valence-corrected chi connectivity index (χ0v) is 12.1. The Morgan fingerprint density at radius 3 is 2.50 bits per heavy atom. The van der Waals surface area contributed by atoms with Gasteiger partial charge in [0.1, 0.15) is 0 Å². The first-order chi connectivity index (χ1) is 8.52. The smallest absolute Gasteiger partial charge is 0.228 e. The van der Waals surface area contributed by atoms with Crippen molar-refractivity contribution >= 4 is 23.5 Å². The molecular weight excluding hydrogens is 252 g/mol. The van der Waals surface area contributed by atoms with Crippen LogP contribution in [0.2, 0.25) is 5.28 Å². The Bertz CT molecular complexity index is 371. The van der Waals surface area contributed by atoms with Gasteiger partial charge >= 0.3 is 0 Å². The third kappa shape index (κ3) is 5.01. The Hall–Kier alpha value is -1.14. The SMILES string of the molecule is CNc1nc(Cl)nc(NCCCN(C)C(C)C)n1. The Balaban J connectivity index is 2.37. The lowest BCUT2D eigenvalue weighted by Crippen LogP contribution is -2.28. The molecule has 0 aliphatic carbocycles. The largest absolute Gasteiger partial charge is 0.357 e. The van der Waals surface area contributed by atoms with Crippen LogP contribution in [0.5, 0.6) is 0 Å². The molecule has 1 heterocycles. The van der Waals surface area contributed by atoms with E-state index >= 15 is 0 Å². The highest BCUT2D eigenvalue weighted by Crippen LogP contribution is 2.08. The van der Waals surface area contributed by atoms with E-state index in [0.717, 1.165) is 19.5 Å². The number of halogens is 1. The molecule has 0 spiro atoms. The summed E-state index contributed by atoms with van der Waals surface area (Å²) in [5.41, 5.74) is 0. The number of hydrogen-bond acceptors (Lipinski definition) is 6. The van der Waals surface area contributed by atoms with Gasteiger partial charge in [0.05, 0.1) is 0 Å². The second kappa shape index (κ2) is 7.33. The predicted octanol–water partition coefficient (Wildman–Crippen LogP) is 1.71. The van der Waals surface area contributed by atoms with Crippen molar-refractivity contribution in [1.29, 1.82) is 0 Å². The molecule has 1 aromatic rings. The van der Waals surface area contributed by atoms with Gasteiger partial charge in [-0.2, -0.15) is 15.0 Å². The van der Waals surface area contributed by atoms with E-state index in [1.165, 1.54) is 0 Å². The molecule has 0 amide bonds. The lowest BCUT2D eigenvalue weighted by molar-refractivity contribution is 0.273. The van der Waals surface area contributed by atoms with Gasteiger partial charge in [-0.25, -0.2) is 0 Å². The first-order valence-electron chi connectivity index (χ1n) is 6.06. The highest BCUT2D eigenvalue weighted by atomic mass is 35.5. The second-order valence-electron chi connectivity index (χ2n) is 4.36. The Kier molecular flexibility index (Phi) is 6.07. The van der Waals surface area contributed by atoms with Crippen LogP contribution in [0, 0.1) is 0 Å². The van der Waals surface area contributed by atoms with Crippen molar-refractivity contribution < 1.29 is 0 Å². The van der Waals surface area contributed by atoms with Gasteiger partial charge in [-0.3, -0.25) is 0 Å². The molecule has 102 valence electrons. The number of rotatable bonds is 7. The number of nitrogens with zero attached hydrogens (tertiary/aromatic N) is 4. The molecule has 2 N–H and O–H groups in total. The first kappa shape index (κ1) is 14.9. The van der Waals surface area contributed by atoms with Crippen LogP contribution in [0.25, 0.3) is 0 Å². The van der Waals surface area contributed by atoms with Gasteiger partial charge in [0.2, 0.25) is 17.2 Å². The Morgan fingerprint density at radius 1 is 1.22 bits per heavy atom. The molecule has 0 fully saturated rings. The summed E-state index contributed by atoms with van der Waals surface area (Å²) >= 11 is 5.78. The summed E-state index contributed by atoms with van der Waals surface area (Å²) in [4.78, 5) is 14.4. The van der Waals surface area contributed by atoms with Gasteiger partial charge in [0.25, 0.3) is 0 Å². The van der Waals surface area contributed by atoms with Gasteiger partial charge < -0.3 is 15.5 Å². The van der Waals surface area contributed by atoms with Crippen molar-refractivity contribution in [3.8, 4) is 0 Å². The molecule has 0 saturated heterocycles. The van der Waals surface area contributed by atoms with Crippen molar-refractivity contribution in [2.45, 2.75) is 26.3 Å². The van der Waals surface area contributed by atoms with E-state index < -0.39 is 0 Å². The van der Waals surface area contributed by atoms with E-state index in [9.17, 15) is 0 Å². The molecule has 0 aliphatic rings. The van der Waals surface area contributed by atoms with Crippen molar-refractivity contribution in [2.24, 2.45) is 0 Å². The van der Waals surface area contributed by atoms with Crippen LogP contribution >= 0.6 is 11.6 Å². The topological polar surface area (TPSA) is 66.0 Å². The average molecular weight is 273 g/mol. The van der Waals surface area contributed by atoms with Crippen LogP contribution in [0.4, 0.5) is 11.9 Å². The first-order valence-corrected chi connectivity index (χ1v) is 6.44. The summed E-state index contributed by atoms with van der Waals surface area (Å²) in [7, 11) is 3.86. The van der Waals surface area contributed by atoms with Crippen LogP contribution in [-0.4, -0.2) is 53.1 Å². The summed E-state index contributed by atoms with van der Waals surface area (Å²) in [5, 5.41) is 6.17. The summed E-state index contributed by atoms with van der Waals surface area (Å²) in [6.45, 7) is 6.19. The maximum absolute atomic E-state index is 5.78. The molecule has 6 nitrogen and oxygen atoms in total. The van der Waals surface area contributed by atoms with Crippen LogP contribution in [0.15, 0.2) is 0 Å². The minimum atomic E-state index is 0.191. The highest BCUT2D eigenvalue weighted by Gasteiger charge is 2.04. The Labute approximate surface area is 113 Å². The molecular formula is C11H21ClN6. The van der Waals surface area contributed by atoms with Gasteiger partial charge in [0, 0.05) is 19.6 Å². The molecule has 1 rings (SSSR count). The third-order valence-electron chi connectivity index (χ3n) is 2.68. The van der Waals surface area contributed by atoms with Crippen molar-refractivity contribution in [3.05, 3.63) is 5.28 Å². The zero-order chi connectivity index (χ0) is 13.5. The maximum Gasteiger partial charge on any atom is 0.228 e. The molecule has 0 bridgehead atoms. The van der Waals surface area contributed by atoms with Crippen LogP contribution in [-0.2, 0) is 0 Å². The lowest BCUT2D eigenvalue weighted by Gasteiger charge is -2.20. The standard InChI is InChI=1S/C11H21ClN6/c1-8(2)18(4)7-5-6-14-11-16-9(12)15-10(13-3)17-11/h8H,5-7H2,1-4H3,(H2,13,14,15,16,17). The van der Waals surface area contributed by atoms with E-state index in [2.05, 4.69) is 51.4 Å². The molecule has 1 aromatic heterocycles. The quantitative estimate of drug-likeness (QED) is 0.737. The summed E-state index contributed by atoms with van der Waals surface area (Å²) in [6.07, 6.45) is 1.02. The number of hydrogen-bond donors (Lipinski definition) is 2. The van der Waals surface area contributed by atoms with Crippen LogP contribution in [0.1, 0.15) is 20.3 Å². The van der Waals surface area contributed by atoms with Crippen LogP contribution < -0.4 is 10.6 Å². The maximum atomic E-state index is 5.78. The molecule has 0 aromatic carbocycles. The molecule has 0 unspecified atom stereocenters. The van der Waals surface area contributed by atoms with Gasteiger partial charge in [-0.05, 0) is 45.5 Å². The molecule has 0 aliphatic heterocycles. The number of nitrogens with one attached hydrogen (secondary N) is 2. The van der Waals surface area contributed by atoms with Gasteiger partial charge in [-0.1, -0.05) is 0 Å². The van der Waals surface area contributed by atoms with Gasteiger partial charge in [-0.15, -0.1) is 0 Å². The van der Waals surface area contributed by atoms with Crippen molar-refractivity contribution in [1.82, 2.24) is 19.9 Å². The van der Waals surface area contributed by atoms with E-state index in [-0.39, 0.29) is 5.28 Å². The second-order valence-corrected chi connectivity index (χ2v) is 4.69. The minimum absolute atomic E-state index is 0.191. The van der Waals surface area contributed by atoms with Crippen molar-refractivity contribution in [3.63, 3.8) is 0 Å². The monoisotopic (exact) mass is 272 g/mol. The van der Waals surface area contributed by atoms with E-state index in [1.807, 2.05) is 0 Å². The minimum Gasteiger partial charge on any atom is -0.357 e. The van der Waals surface area contributed by atoms with E-state index in [0.29, 0.717) is 17.9 Å². The fourth-order valence-electron chi connectivity index (χ4n) is 1.33. The summed E-state index contributed by atoms with van der Waals surface area (Å²) in [6, 6.07) is 0.563. The average Bonchev–Trinajstić information content (AvgIpc) is 2.33. The molecule has 0 radical (unpaired) electrons. The van der Waals surface area contributed by atoms with E-state index in [1.54, 1.807) is 7.05 Å². The van der Waals surface area contributed by atoms with Crippen molar-refractivity contribution in [2.75, 3.05) is 37.8 Å². The molecule has 0 saturated carbocycles. The molecule has 7 heteroatoms. The molecule has 0 atom stereocenters. The van der Waals surface area contributed by atoms with Crippen LogP contribution in [0.3, 0.4) is 0 Å². The third-order valence-corrected chi connectivity index (χ3v) is 2.85. The lowest BCUT2D eigenvalue weighted by atomic mass is 10.3. The predicted molar refractivity (Wildman–Crippen MR) is 75.3 cm³/mol. The fraction of sp³-hybridized carbons (Fsp3) is 0.727. The molecule has 18 heavy (non-hydrogen) atoms. The fourth-order valence-corrected chi connectivity index (χ4v) is 1.49.